The predicted molar refractivity (Wildman–Crippen MR) is 80.8 cm³/mol. The van der Waals surface area contributed by atoms with Crippen molar-refractivity contribution in [1.82, 2.24) is 15.2 Å². The molecule has 2 heterocycles. The standard InChI is InChI=1S/C15H25N3S/c1-11(2)17-15(8-9-18(3)10-15)14-16-12-6-4-5-7-13(12)19-14/h11,17H,4-10H2,1-3H3. The van der Waals surface area contributed by atoms with E-state index in [0.29, 0.717) is 6.04 Å². The molecule has 1 fully saturated rings. The van der Waals surface area contributed by atoms with Gasteiger partial charge in [0.25, 0.3) is 0 Å². The van der Waals surface area contributed by atoms with Crippen molar-refractivity contribution in [3.63, 3.8) is 0 Å². The molecule has 19 heavy (non-hydrogen) atoms. The van der Waals surface area contributed by atoms with Crippen molar-refractivity contribution in [3.8, 4) is 0 Å². The summed E-state index contributed by atoms with van der Waals surface area (Å²) < 4.78 is 0. The molecule has 1 aromatic heterocycles. The van der Waals surface area contributed by atoms with E-state index in [2.05, 4.69) is 31.1 Å². The first-order valence-electron chi connectivity index (χ1n) is 7.54. The van der Waals surface area contributed by atoms with E-state index in [1.165, 1.54) is 49.4 Å². The van der Waals surface area contributed by atoms with Gasteiger partial charge in [0.05, 0.1) is 11.2 Å². The third-order valence-electron chi connectivity index (χ3n) is 4.28. The number of hydrogen-bond acceptors (Lipinski definition) is 4. The monoisotopic (exact) mass is 279 g/mol. The summed E-state index contributed by atoms with van der Waals surface area (Å²) in [6, 6.07) is 0.507. The minimum atomic E-state index is 0.102. The molecule has 0 saturated carbocycles. The van der Waals surface area contributed by atoms with Crippen LogP contribution in [0.5, 0.6) is 0 Å². The zero-order chi connectivity index (χ0) is 13.5. The zero-order valence-electron chi connectivity index (χ0n) is 12.3. The second-order valence-corrected chi connectivity index (χ2v) is 7.55. The lowest BCUT2D eigenvalue weighted by molar-refractivity contribution is 0.294. The van der Waals surface area contributed by atoms with Crippen molar-refractivity contribution in [2.75, 3.05) is 20.1 Å². The Bertz CT molecular complexity index is 431. The quantitative estimate of drug-likeness (QED) is 0.921. The van der Waals surface area contributed by atoms with Crippen molar-refractivity contribution in [3.05, 3.63) is 15.6 Å². The highest BCUT2D eigenvalue weighted by Crippen LogP contribution is 2.37. The molecule has 0 spiro atoms. The maximum Gasteiger partial charge on any atom is 0.115 e. The van der Waals surface area contributed by atoms with Gasteiger partial charge in [0.2, 0.25) is 0 Å². The highest BCUT2D eigenvalue weighted by atomic mass is 32.1. The van der Waals surface area contributed by atoms with Gasteiger partial charge in [-0.05, 0) is 53.0 Å². The summed E-state index contributed by atoms with van der Waals surface area (Å²) in [5, 5.41) is 5.16. The van der Waals surface area contributed by atoms with Crippen LogP contribution in [0.2, 0.25) is 0 Å². The van der Waals surface area contributed by atoms with Gasteiger partial charge in [0, 0.05) is 24.0 Å². The number of rotatable bonds is 3. The summed E-state index contributed by atoms with van der Waals surface area (Å²) >= 11 is 1.98. The second-order valence-electron chi connectivity index (χ2n) is 6.46. The van der Waals surface area contributed by atoms with Gasteiger partial charge < -0.3 is 10.2 Å². The maximum absolute atomic E-state index is 5.02. The van der Waals surface area contributed by atoms with Gasteiger partial charge in [-0.1, -0.05) is 0 Å². The molecule has 0 aromatic carbocycles. The van der Waals surface area contributed by atoms with Crippen LogP contribution in [0.4, 0.5) is 0 Å². The van der Waals surface area contributed by atoms with E-state index in [0.717, 1.165) is 6.54 Å². The van der Waals surface area contributed by atoms with Crippen LogP contribution in [-0.2, 0) is 18.4 Å². The average molecular weight is 279 g/mol. The normalized spacial score (nSPS) is 28.0. The van der Waals surface area contributed by atoms with E-state index >= 15 is 0 Å². The average Bonchev–Trinajstić information content (AvgIpc) is 2.93. The number of hydrogen-bond donors (Lipinski definition) is 1. The molecule has 0 radical (unpaired) electrons. The van der Waals surface area contributed by atoms with Gasteiger partial charge in [-0.25, -0.2) is 4.98 Å². The van der Waals surface area contributed by atoms with Crippen molar-refractivity contribution in [1.29, 1.82) is 0 Å². The number of thiazole rings is 1. The summed E-state index contributed by atoms with van der Waals surface area (Å²) in [4.78, 5) is 9.00. The number of likely N-dealkylation sites (tertiary alicyclic amines) is 1. The van der Waals surface area contributed by atoms with Crippen LogP contribution < -0.4 is 5.32 Å². The summed E-state index contributed by atoms with van der Waals surface area (Å²) in [5.41, 5.74) is 1.50. The molecule has 1 aliphatic heterocycles. The van der Waals surface area contributed by atoms with Crippen LogP contribution in [0.3, 0.4) is 0 Å². The molecule has 106 valence electrons. The Morgan fingerprint density at radius 2 is 2.11 bits per heavy atom. The SMILES string of the molecule is CC(C)NC1(c2nc3c(s2)CCCC3)CCN(C)C1. The lowest BCUT2D eigenvalue weighted by Gasteiger charge is -2.30. The van der Waals surface area contributed by atoms with Crippen LogP contribution in [0.1, 0.15) is 48.7 Å². The van der Waals surface area contributed by atoms with Crippen LogP contribution in [0, 0.1) is 0 Å². The molecule has 3 rings (SSSR count). The molecule has 2 aliphatic rings. The van der Waals surface area contributed by atoms with Crippen LogP contribution >= 0.6 is 11.3 Å². The van der Waals surface area contributed by atoms with Gasteiger partial charge in [-0.3, -0.25) is 0 Å². The van der Waals surface area contributed by atoms with Gasteiger partial charge in [-0.15, -0.1) is 11.3 Å². The Kier molecular flexibility index (Phi) is 3.67. The fraction of sp³-hybridized carbons (Fsp3) is 0.800. The molecule has 1 N–H and O–H groups in total. The third kappa shape index (κ3) is 2.58. The van der Waals surface area contributed by atoms with E-state index < -0.39 is 0 Å². The number of aromatic nitrogens is 1. The molecular formula is C15H25N3S. The van der Waals surface area contributed by atoms with Crippen LogP contribution in [0.15, 0.2) is 0 Å². The number of fused-ring (bicyclic) bond motifs is 1. The zero-order valence-corrected chi connectivity index (χ0v) is 13.1. The van der Waals surface area contributed by atoms with E-state index in [1.807, 2.05) is 11.3 Å². The molecule has 1 saturated heterocycles. The Balaban J connectivity index is 1.93. The van der Waals surface area contributed by atoms with Crippen LogP contribution in [-0.4, -0.2) is 36.1 Å². The lowest BCUT2D eigenvalue weighted by Crippen LogP contribution is -2.47. The molecule has 1 aliphatic carbocycles. The molecule has 1 atom stereocenters. The number of aryl methyl sites for hydroxylation is 2. The Labute approximate surface area is 120 Å². The van der Waals surface area contributed by atoms with Crippen LogP contribution in [0.25, 0.3) is 0 Å². The highest BCUT2D eigenvalue weighted by Gasteiger charge is 2.41. The molecule has 0 amide bonds. The minimum Gasteiger partial charge on any atom is -0.304 e. The lowest BCUT2D eigenvalue weighted by atomic mass is 9.98. The number of likely N-dealkylation sites (N-methyl/N-ethyl adjacent to an activating group) is 1. The van der Waals surface area contributed by atoms with E-state index in [9.17, 15) is 0 Å². The van der Waals surface area contributed by atoms with Crippen molar-refractivity contribution in [2.45, 2.75) is 57.5 Å². The number of nitrogens with zero attached hydrogens (tertiary/aromatic N) is 2. The molecule has 4 heteroatoms. The molecule has 1 aromatic rings. The number of nitrogens with one attached hydrogen (secondary N) is 1. The second kappa shape index (κ2) is 5.15. The fourth-order valence-electron chi connectivity index (χ4n) is 3.46. The summed E-state index contributed by atoms with van der Waals surface area (Å²) in [6.45, 7) is 6.75. The topological polar surface area (TPSA) is 28.2 Å². The van der Waals surface area contributed by atoms with E-state index in [4.69, 9.17) is 4.98 Å². The maximum atomic E-state index is 5.02. The molecular weight excluding hydrogens is 254 g/mol. The third-order valence-corrected chi connectivity index (χ3v) is 5.64. The predicted octanol–water partition coefficient (Wildman–Crippen LogP) is 2.55. The molecule has 3 nitrogen and oxygen atoms in total. The van der Waals surface area contributed by atoms with Gasteiger partial charge in [0.15, 0.2) is 0 Å². The fourth-order valence-corrected chi connectivity index (χ4v) is 4.79. The summed E-state index contributed by atoms with van der Waals surface area (Å²) in [5.74, 6) is 0. The van der Waals surface area contributed by atoms with Gasteiger partial charge >= 0.3 is 0 Å². The Morgan fingerprint density at radius 3 is 2.74 bits per heavy atom. The Hall–Kier alpha value is -0.450. The molecule has 1 unspecified atom stereocenters. The first kappa shape index (κ1) is 13.5. The van der Waals surface area contributed by atoms with Crippen molar-refractivity contribution < 1.29 is 0 Å². The first-order chi connectivity index (χ1) is 9.09. The van der Waals surface area contributed by atoms with Crippen molar-refractivity contribution in [2.24, 2.45) is 0 Å². The summed E-state index contributed by atoms with van der Waals surface area (Å²) in [7, 11) is 2.22. The van der Waals surface area contributed by atoms with E-state index in [1.54, 1.807) is 4.88 Å². The molecule has 0 bridgehead atoms. The highest BCUT2D eigenvalue weighted by molar-refractivity contribution is 7.11. The smallest absolute Gasteiger partial charge is 0.115 e. The van der Waals surface area contributed by atoms with Gasteiger partial charge in [0.1, 0.15) is 5.01 Å². The minimum absolute atomic E-state index is 0.102. The largest absolute Gasteiger partial charge is 0.304 e. The Morgan fingerprint density at radius 1 is 1.32 bits per heavy atom. The first-order valence-corrected chi connectivity index (χ1v) is 8.36. The van der Waals surface area contributed by atoms with Crippen molar-refractivity contribution >= 4 is 11.3 Å². The van der Waals surface area contributed by atoms with Gasteiger partial charge in [-0.2, -0.15) is 0 Å². The van der Waals surface area contributed by atoms with E-state index in [-0.39, 0.29) is 5.54 Å². The summed E-state index contributed by atoms with van der Waals surface area (Å²) in [6.07, 6.45) is 6.30.